The van der Waals surface area contributed by atoms with E-state index in [-0.39, 0.29) is 0 Å². The molecule has 2 rings (SSSR count). The van der Waals surface area contributed by atoms with Gasteiger partial charge < -0.3 is 0 Å². The number of nitrogens with zero attached hydrogens (tertiary/aromatic N) is 1. The molecule has 100 valence electrons. The first kappa shape index (κ1) is 13.6. The molecule has 0 aromatic heterocycles. The molecule has 2 heteroatoms. The molecule has 0 amide bonds. The summed E-state index contributed by atoms with van der Waals surface area (Å²) in [6.07, 6.45) is 9.20. The predicted octanol–water partition coefficient (Wildman–Crippen LogP) is 3.38. The van der Waals surface area contributed by atoms with Crippen molar-refractivity contribution in [3.05, 3.63) is 35.9 Å². The van der Waals surface area contributed by atoms with E-state index in [0.29, 0.717) is 0 Å². The molecule has 1 heterocycles. The van der Waals surface area contributed by atoms with Crippen molar-refractivity contribution in [1.29, 1.82) is 0 Å². The molecule has 0 bridgehead atoms. The fraction of sp³-hybridized carbons (Fsp3) is 0.625. The maximum atomic E-state index is 6.01. The van der Waals surface area contributed by atoms with Gasteiger partial charge >= 0.3 is 0 Å². The molecule has 1 aromatic carbocycles. The molecule has 0 radical (unpaired) electrons. The number of hydrazine groups is 1. The smallest absolute Gasteiger partial charge is 0.0156 e. The Hall–Kier alpha value is -0.860. The number of benzene rings is 1. The van der Waals surface area contributed by atoms with Crippen LogP contribution in [0.2, 0.25) is 0 Å². The topological polar surface area (TPSA) is 29.3 Å². The molecule has 1 aliphatic rings. The van der Waals surface area contributed by atoms with Crippen LogP contribution >= 0.6 is 0 Å². The highest BCUT2D eigenvalue weighted by atomic mass is 15.4. The summed E-state index contributed by atoms with van der Waals surface area (Å²) >= 11 is 0. The van der Waals surface area contributed by atoms with Crippen LogP contribution in [0.15, 0.2) is 30.3 Å². The second-order valence-electron chi connectivity index (χ2n) is 5.59. The van der Waals surface area contributed by atoms with Gasteiger partial charge in [-0.15, -0.1) is 0 Å². The minimum Gasteiger partial charge on any atom is -0.269 e. The average Bonchev–Trinajstić information content (AvgIpc) is 2.36. The van der Waals surface area contributed by atoms with E-state index < -0.39 is 0 Å². The molecule has 2 nitrogen and oxygen atoms in total. The molecule has 2 N–H and O–H groups in total. The van der Waals surface area contributed by atoms with Crippen molar-refractivity contribution >= 4 is 0 Å². The Morgan fingerprint density at radius 2 is 1.94 bits per heavy atom. The lowest BCUT2D eigenvalue weighted by Gasteiger charge is -2.26. The van der Waals surface area contributed by atoms with Gasteiger partial charge in [0.2, 0.25) is 0 Å². The van der Waals surface area contributed by atoms with Crippen molar-refractivity contribution in [2.45, 2.75) is 44.9 Å². The first-order valence-electron chi connectivity index (χ1n) is 7.38. The Bertz CT molecular complexity index is 323. The van der Waals surface area contributed by atoms with Gasteiger partial charge in [0.05, 0.1) is 0 Å². The van der Waals surface area contributed by atoms with E-state index in [9.17, 15) is 0 Å². The van der Waals surface area contributed by atoms with E-state index in [4.69, 9.17) is 5.84 Å². The number of nitrogens with two attached hydrogens (primary N) is 1. The summed E-state index contributed by atoms with van der Waals surface area (Å²) in [7, 11) is 0. The average molecular weight is 246 g/mol. The first-order chi connectivity index (χ1) is 8.84. The summed E-state index contributed by atoms with van der Waals surface area (Å²) in [6, 6.07) is 10.8. The van der Waals surface area contributed by atoms with Crippen LogP contribution in [0.4, 0.5) is 0 Å². The van der Waals surface area contributed by atoms with Gasteiger partial charge in [0.15, 0.2) is 0 Å². The Kier molecular flexibility index (Phi) is 5.69. The second kappa shape index (κ2) is 7.55. The third-order valence-electron chi connectivity index (χ3n) is 3.97. The Morgan fingerprint density at radius 1 is 1.11 bits per heavy atom. The zero-order valence-electron chi connectivity index (χ0n) is 11.4. The Morgan fingerprint density at radius 3 is 2.78 bits per heavy atom. The predicted molar refractivity (Wildman–Crippen MR) is 77.1 cm³/mol. The van der Waals surface area contributed by atoms with Crippen LogP contribution in [0.3, 0.4) is 0 Å². The summed E-state index contributed by atoms with van der Waals surface area (Å²) < 4.78 is 0. The molecule has 0 aliphatic carbocycles. The van der Waals surface area contributed by atoms with Gasteiger partial charge in [-0.1, -0.05) is 43.2 Å². The van der Waals surface area contributed by atoms with Gasteiger partial charge in [-0.25, -0.2) is 5.01 Å². The lowest BCUT2D eigenvalue weighted by Crippen LogP contribution is -2.37. The Labute approximate surface area is 111 Å². The molecule has 0 saturated carbocycles. The zero-order valence-corrected chi connectivity index (χ0v) is 11.4. The van der Waals surface area contributed by atoms with Crippen LogP contribution < -0.4 is 5.84 Å². The monoisotopic (exact) mass is 246 g/mol. The molecule has 1 fully saturated rings. The minimum atomic E-state index is 0.805. The molecule has 1 unspecified atom stereocenters. The van der Waals surface area contributed by atoms with Gasteiger partial charge in [-0.3, -0.25) is 5.84 Å². The number of hydrogen-bond donors (Lipinski definition) is 1. The van der Waals surface area contributed by atoms with Crippen LogP contribution in [-0.2, 0) is 6.42 Å². The summed E-state index contributed by atoms with van der Waals surface area (Å²) in [4.78, 5) is 0. The van der Waals surface area contributed by atoms with Crippen LogP contribution in [0.5, 0.6) is 0 Å². The van der Waals surface area contributed by atoms with Crippen LogP contribution in [0, 0.1) is 5.92 Å². The summed E-state index contributed by atoms with van der Waals surface area (Å²) in [6.45, 7) is 2.17. The quantitative estimate of drug-likeness (QED) is 0.825. The second-order valence-corrected chi connectivity index (χ2v) is 5.59. The highest BCUT2D eigenvalue weighted by molar-refractivity contribution is 5.14. The fourth-order valence-corrected chi connectivity index (χ4v) is 2.91. The maximum absolute atomic E-state index is 6.01. The third kappa shape index (κ3) is 4.79. The lowest BCUT2D eigenvalue weighted by molar-refractivity contribution is 0.197. The van der Waals surface area contributed by atoms with Crippen LogP contribution in [0.25, 0.3) is 0 Å². The van der Waals surface area contributed by atoms with Crippen LogP contribution in [-0.4, -0.2) is 18.1 Å². The van der Waals surface area contributed by atoms with Crippen molar-refractivity contribution in [3.8, 4) is 0 Å². The summed E-state index contributed by atoms with van der Waals surface area (Å²) in [5, 5.41) is 2.03. The largest absolute Gasteiger partial charge is 0.269 e. The van der Waals surface area contributed by atoms with Gasteiger partial charge in [0, 0.05) is 13.1 Å². The SMILES string of the molecule is NN1CCCCCC(CCCc2ccccc2)C1. The molecular weight excluding hydrogens is 220 g/mol. The van der Waals surface area contributed by atoms with E-state index >= 15 is 0 Å². The van der Waals surface area contributed by atoms with E-state index in [2.05, 4.69) is 30.3 Å². The zero-order chi connectivity index (χ0) is 12.6. The molecule has 1 aliphatic heterocycles. The Balaban J connectivity index is 1.71. The highest BCUT2D eigenvalue weighted by Gasteiger charge is 2.14. The van der Waals surface area contributed by atoms with Gasteiger partial charge in [-0.05, 0) is 43.6 Å². The molecule has 1 atom stereocenters. The molecular formula is C16H26N2. The van der Waals surface area contributed by atoms with Crippen LogP contribution in [0.1, 0.15) is 44.1 Å². The van der Waals surface area contributed by atoms with Crippen molar-refractivity contribution in [1.82, 2.24) is 5.01 Å². The standard InChI is InChI=1S/C16H26N2/c17-18-13-6-2-5-10-16(14-18)12-7-11-15-8-3-1-4-9-15/h1,3-4,8-9,16H,2,5-7,10-14,17H2. The van der Waals surface area contributed by atoms with Gasteiger partial charge in [-0.2, -0.15) is 0 Å². The normalized spacial score (nSPS) is 22.4. The third-order valence-corrected chi connectivity index (χ3v) is 3.97. The molecule has 1 aromatic rings. The van der Waals surface area contributed by atoms with E-state index in [1.807, 2.05) is 5.01 Å². The highest BCUT2D eigenvalue weighted by Crippen LogP contribution is 2.20. The molecule has 18 heavy (non-hydrogen) atoms. The number of aryl methyl sites for hydroxylation is 1. The van der Waals surface area contributed by atoms with Crippen molar-refractivity contribution in [2.75, 3.05) is 13.1 Å². The number of hydrogen-bond acceptors (Lipinski definition) is 2. The van der Waals surface area contributed by atoms with Crippen molar-refractivity contribution < 1.29 is 0 Å². The van der Waals surface area contributed by atoms with Gasteiger partial charge in [0.1, 0.15) is 0 Å². The summed E-state index contributed by atoms with van der Waals surface area (Å²) in [5.74, 6) is 6.82. The molecule has 0 spiro atoms. The van der Waals surface area contributed by atoms with Gasteiger partial charge in [0.25, 0.3) is 0 Å². The van der Waals surface area contributed by atoms with Crippen molar-refractivity contribution in [3.63, 3.8) is 0 Å². The minimum absolute atomic E-state index is 0.805. The lowest BCUT2D eigenvalue weighted by atomic mass is 9.92. The first-order valence-corrected chi connectivity index (χ1v) is 7.38. The maximum Gasteiger partial charge on any atom is 0.0156 e. The summed E-state index contributed by atoms with van der Waals surface area (Å²) in [5.41, 5.74) is 1.47. The van der Waals surface area contributed by atoms with E-state index in [0.717, 1.165) is 19.0 Å². The fourth-order valence-electron chi connectivity index (χ4n) is 2.91. The van der Waals surface area contributed by atoms with Crippen molar-refractivity contribution in [2.24, 2.45) is 11.8 Å². The number of rotatable bonds is 4. The van der Waals surface area contributed by atoms with E-state index in [1.54, 1.807) is 0 Å². The molecule has 1 saturated heterocycles. The van der Waals surface area contributed by atoms with E-state index in [1.165, 1.54) is 50.5 Å².